The van der Waals surface area contributed by atoms with Crippen molar-refractivity contribution in [3.63, 3.8) is 0 Å². The Morgan fingerprint density at radius 1 is 1.47 bits per heavy atom. The molecule has 80 valence electrons. The highest BCUT2D eigenvalue weighted by Gasteiger charge is 2.18. The van der Waals surface area contributed by atoms with Crippen LogP contribution in [0, 0.1) is 0 Å². The van der Waals surface area contributed by atoms with E-state index in [-0.39, 0.29) is 0 Å². The molecule has 0 atom stereocenters. The number of halogens is 1. The average Bonchev–Trinajstić information content (AvgIpc) is 2.16. The second-order valence-corrected chi connectivity index (χ2v) is 4.72. The van der Waals surface area contributed by atoms with Gasteiger partial charge in [-0.05, 0) is 46.5 Å². The first-order valence-corrected chi connectivity index (χ1v) is 5.77. The molecule has 2 nitrogen and oxygen atoms in total. The topological polar surface area (TPSA) is 35.2 Å². The lowest BCUT2D eigenvalue weighted by molar-refractivity contribution is 0.412. The zero-order valence-electron chi connectivity index (χ0n) is 8.66. The molecular formula is C12H14BrNO. The van der Waals surface area contributed by atoms with Gasteiger partial charge in [-0.15, -0.1) is 0 Å². The Bertz CT molecular complexity index is 393. The molecule has 2 N–H and O–H groups in total. The molecule has 0 aromatic heterocycles. The second kappa shape index (κ2) is 4.37. The molecule has 0 unspecified atom stereocenters. The van der Waals surface area contributed by atoms with Gasteiger partial charge in [0, 0.05) is 6.04 Å². The highest BCUT2D eigenvalue weighted by atomic mass is 79.9. The number of benzene rings is 1. The van der Waals surface area contributed by atoms with Crippen LogP contribution in [-0.4, -0.2) is 13.2 Å². The van der Waals surface area contributed by atoms with E-state index in [0.717, 1.165) is 23.1 Å². The lowest BCUT2D eigenvalue weighted by Gasteiger charge is -2.25. The van der Waals surface area contributed by atoms with Gasteiger partial charge in [0.1, 0.15) is 5.75 Å². The van der Waals surface area contributed by atoms with E-state index in [1.54, 1.807) is 7.11 Å². The van der Waals surface area contributed by atoms with Gasteiger partial charge in [0.05, 0.1) is 11.6 Å². The van der Waals surface area contributed by atoms with Gasteiger partial charge in [-0.3, -0.25) is 0 Å². The minimum atomic E-state index is 0.373. The summed E-state index contributed by atoms with van der Waals surface area (Å²) < 4.78 is 6.16. The van der Waals surface area contributed by atoms with Crippen molar-refractivity contribution in [3.8, 4) is 5.75 Å². The van der Waals surface area contributed by atoms with Gasteiger partial charge >= 0.3 is 0 Å². The number of hydrogen-bond donors (Lipinski definition) is 1. The zero-order valence-corrected chi connectivity index (χ0v) is 10.3. The molecule has 1 aromatic carbocycles. The quantitative estimate of drug-likeness (QED) is 0.895. The fourth-order valence-corrected chi connectivity index (χ4v) is 2.30. The molecular weight excluding hydrogens is 254 g/mol. The van der Waals surface area contributed by atoms with Gasteiger partial charge in [0.15, 0.2) is 0 Å². The van der Waals surface area contributed by atoms with Crippen molar-refractivity contribution in [1.82, 2.24) is 0 Å². The molecule has 1 aliphatic rings. The predicted molar refractivity (Wildman–Crippen MR) is 65.9 cm³/mol. The van der Waals surface area contributed by atoms with E-state index in [4.69, 9.17) is 10.5 Å². The molecule has 0 spiro atoms. The molecule has 0 heterocycles. The van der Waals surface area contributed by atoms with E-state index in [9.17, 15) is 0 Å². The number of methoxy groups -OCH3 is 1. The van der Waals surface area contributed by atoms with Crippen LogP contribution in [-0.2, 0) is 0 Å². The van der Waals surface area contributed by atoms with Crippen LogP contribution in [0.15, 0.2) is 28.2 Å². The third-order valence-corrected chi connectivity index (χ3v) is 3.22. The van der Waals surface area contributed by atoms with Crippen LogP contribution in [0.3, 0.4) is 0 Å². The summed E-state index contributed by atoms with van der Waals surface area (Å²) in [6, 6.07) is 6.46. The largest absolute Gasteiger partial charge is 0.496 e. The lowest BCUT2D eigenvalue weighted by Crippen LogP contribution is -2.29. The van der Waals surface area contributed by atoms with Crippen molar-refractivity contribution in [3.05, 3.63) is 33.8 Å². The third kappa shape index (κ3) is 2.41. The van der Waals surface area contributed by atoms with Crippen LogP contribution in [0.5, 0.6) is 5.75 Å². The zero-order chi connectivity index (χ0) is 10.8. The Hall–Kier alpha value is -0.800. The molecule has 0 bridgehead atoms. The highest BCUT2D eigenvalue weighted by molar-refractivity contribution is 9.10. The maximum Gasteiger partial charge on any atom is 0.133 e. The monoisotopic (exact) mass is 267 g/mol. The smallest absolute Gasteiger partial charge is 0.133 e. The maximum absolute atomic E-state index is 5.73. The first kappa shape index (κ1) is 10.7. The summed E-state index contributed by atoms with van der Waals surface area (Å²) in [5.74, 6) is 0.863. The maximum atomic E-state index is 5.73. The number of hydrogen-bond acceptors (Lipinski definition) is 2. The second-order valence-electron chi connectivity index (χ2n) is 3.86. The Balaban J connectivity index is 2.16. The number of nitrogens with two attached hydrogens (primary N) is 1. The minimum absolute atomic E-state index is 0.373. The standard InChI is InChI=1S/C12H14BrNO/c1-15-12-3-2-8(7-11(12)13)4-9-5-10(14)6-9/h2-4,7,10H,5-6,14H2,1H3. The van der Waals surface area contributed by atoms with E-state index >= 15 is 0 Å². The fraction of sp³-hybridized carbons (Fsp3) is 0.333. The predicted octanol–water partition coefficient (Wildman–Crippen LogP) is 2.96. The van der Waals surface area contributed by atoms with Gasteiger partial charge < -0.3 is 10.5 Å². The normalized spacial score (nSPS) is 19.7. The Morgan fingerprint density at radius 3 is 2.73 bits per heavy atom. The van der Waals surface area contributed by atoms with E-state index < -0.39 is 0 Å². The van der Waals surface area contributed by atoms with Gasteiger partial charge in [-0.2, -0.15) is 0 Å². The van der Waals surface area contributed by atoms with Gasteiger partial charge in [-0.1, -0.05) is 17.7 Å². The van der Waals surface area contributed by atoms with Crippen molar-refractivity contribution in [2.24, 2.45) is 5.73 Å². The summed E-state index contributed by atoms with van der Waals surface area (Å²) in [5, 5.41) is 0. The van der Waals surface area contributed by atoms with Gasteiger partial charge in [0.2, 0.25) is 0 Å². The summed E-state index contributed by atoms with van der Waals surface area (Å²) in [7, 11) is 1.67. The summed E-state index contributed by atoms with van der Waals surface area (Å²) in [6.45, 7) is 0. The van der Waals surface area contributed by atoms with Crippen molar-refractivity contribution < 1.29 is 4.74 Å². The van der Waals surface area contributed by atoms with Crippen LogP contribution in [0.25, 0.3) is 6.08 Å². The van der Waals surface area contributed by atoms with Crippen LogP contribution in [0.1, 0.15) is 18.4 Å². The lowest BCUT2D eigenvalue weighted by atomic mass is 9.86. The highest BCUT2D eigenvalue weighted by Crippen LogP contribution is 2.30. The molecule has 2 rings (SSSR count). The average molecular weight is 268 g/mol. The summed E-state index contributed by atoms with van der Waals surface area (Å²) >= 11 is 3.47. The summed E-state index contributed by atoms with van der Waals surface area (Å²) in [5.41, 5.74) is 8.36. The van der Waals surface area contributed by atoms with Crippen molar-refractivity contribution in [2.45, 2.75) is 18.9 Å². The Morgan fingerprint density at radius 2 is 2.20 bits per heavy atom. The van der Waals surface area contributed by atoms with E-state index in [2.05, 4.69) is 34.1 Å². The van der Waals surface area contributed by atoms with Crippen molar-refractivity contribution in [2.75, 3.05) is 7.11 Å². The fourth-order valence-electron chi connectivity index (χ4n) is 1.74. The summed E-state index contributed by atoms with van der Waals surface area (Å²) in [6.07, 6.45) is 4.26. The van der Waals surface area contributed by atoms with Crippen LogP contribution >= 0.6 is 15.9 Å². The summed E-state index contributed by atoms with van der Waals surface area (Å²) in [4.78, 5) is 0. The van der Waals surface area contributed by atoms with Crippen molar-refractivity contribution >= 4 is 22.0 Å². The Kier molecular flexibility index (Phi) is 3.12. The van der Waals surface area contributed by atoms with Crippen LogP contribution < -0.4 is 10.5 Å². The number of rotatable bonds is 2. The Labute approximate surface area is 98.2 Å². The van der Waals surface area contributed by atoms with Gasteiger partial charge in [-0.25, -0.2) is 0 Å². The van der Waals surface area contributed by atoms with E-state index in [1.165, 1.54) is 11.1 Å². The molecule has 1 aliphatic carbocycles. The molecule has 0 aliphatic heterocycles. The molecule has 0 radical (unpaired) electrons. The molecule has 1 fully saturated rings. The SMILES string of the molecule is COc1ccc(C=C2CC(N)C2)cc1Br. The molecule has 0 saturated heterocycles. The third-order valence-electron chi connectivity index (χ3n) is 2.60. The van der Waals surface area contributed by atoms with Gasteiger partial charge in [0.25, 0.3) is 0 Å². The van der Waals surface area contributed by atoms with Crippen molar-refractivity contribution in [1.29, 1.82) is 0 Å². The first-order valence-electron chi connectivity index (χ1n) is 4.97. The first-order chi connectivity index (χ1) is 7.19. The molecule has 1 saturated carbocycles. The van der Waals surface area contributed by atoms with E-state index in [1.807, 2.05) is 6.07 Å². The van der Waals surface area contributed by atoms with E-state index in [0.29, 0.717) is 6.04 Å². The molecule has 15 heavy (non-hydrogen) atoms. The van der Waals surface area contributed by atoms with Crippen LogP contribution in [0.2, 0.25) is 0 Å². The minimum Gasteiger partial charge on any atom is -0.496 e. The molecule has 0 amide bonds. The number of ether oxygens (including phenoxy) is 1. The molecule has 1 aromatic rings. The molecule has 3 heteroatoms. The van der Waals surface area contributed by atoms with Crippen LogP contribution in [0.4, 0.5) is 0 Å².